The molecule has 0 radical (unpaired) electrons. The Hall–Kier alpha value is -0.520. The van der Waals surface area contributed by atoms with Crippen molar-refractivity contribution in [3.05, 3.63) is 24.3 Å². The minimum atomic E-state index is 0.852. The van der Waals surface area contributed by atoms with Crippen LogP contribution in [-0.4, -0.2) is 0 Å². The van der Waals surface area contributed by atoms with E-state index >= 15 is 0 Å². The van der Waals surface area contributed by atoms with Crippen LogP contribution >= 0.6 is 0 Å². The number of unbranched alkanes of at least 4 members (excludes halogenated alkanes) is 2. The fourth-order valence-electron chi connectivity index (χ4n) is 1.61. The third-order valence-corrected chi connectivity index (χ3v) is 2.81. The van der Waals surface area contributed by atoms with Crippen LogP contribution in [0.1, 0.15) is 65.7 Å². The van der Waals surface area contributed by atoms with Gasteiger partial charge in [-0.2, -0.15) is 0 Å². The van der Waals surface area contributed by atoms with E-state index < -0.39 is 0 Å². The van der Waals surface area contributed by atoms with Crippen LogP contribution in [-0.2, 0) is 0 Å². The molecule has 0 aliphatic carbocycles. The van der Waals surface area contributed by atoms with Crippen molar-refractivity contribution in [2.45, 2.75) is 65.7 Å². The zero-order valence-corrected chi connectivity index (χ0v) is 10.8. The normalized spacial score (nSPS) is 14.1. The molecule has 0 aliphatic heterocycles. The molecule has 0 aromatic rings. The predicted octanol–water partition coefficient (Wildman–Crippen LogP) is 5.51. The Morgan fingerprint density at radius 2 is 1.53 bits per heavy atom. The van der Waals surface area contributed by atoms with Gasteiger partial charge in [0.25, 0.3) is 0 Å². The van der Waals surface area contributed by atoms with E-state index in [-0.39, 0.29) is 0 Å². The average molecular weight is 208 g/mol. The first-order valence-corrected chi connectivity index (χ1v) is 6.65. The van der Waals surface area contributed by atoms with Crippen LogP contribution in [0.25, 0.3) is 0 Å². The number of hydrogen-bond donors (Lipinski definition) is 0. The Kier molecular flexibility index (Phi) is 11.2. The molecular formula is C15H28. The summed E-state index contributed by atoms with van der Waals surface area (Å²) in [7, 11) is 0. The smallest absolute Gasteiger partial charge is 0.0319 e. The molecule has 0 spiro atoms. The summed E-state index contributed by atoms with van der Waals surface area (Å²) in [5.41, 5.74) is 0. The van der Waals surface area contributed by atoms with Crippen LogP contribution in [0.5, 0.6) is 0 Å². The highest BCUT2D eigenvalue weighted by Gasteiger charge is 2.00. The van der Waals surface area contributed by atoms with Crippen LogP contribution in [0.2, 0.25) is 0 Å². The molecular weight excluding hydrogens is 180 g/mol. The monoisotopic (exact) mass is 208 g/mol. The van der Waals surface area contributed by atoms with E-state index in [9.17, 15) is 0 Å². The molecule has 15 heavy (non-hydrogen) atoms. The molecule has 0 fully saturated rings. The molecule has 0 amide bonds. The van der Waals surface area contributed by atoms with E-state index in [0.717, 1.165) is 5.92 Å². The second kappa shape index (κ2) is 11.6. The maximum atomic E-state index is 2.38. The first-order chi connectivity index (χ1) is 7.35. The van der Waals surface area contributed by atoms with E-state index in [1.54, 1.807) is 0 Å². The summed E-state index contributed by atoms with van der Waals surface area (Å²) >= 11 is 0. The van der Waals surface area contributed by atoms with E-state index in [2.05, 4.69) is 45.1 Å². The van der Waals surface area contributed by atoms with Crippen LogP contribution in [0, 0.1) is 5.92 Å². The Balaban J connectivity index is 3.60. The second-order valence-electron chi connectivity index (χ2n) is 4.24. The molecule has 0 aromatic heterocycles. The molecule has 0 nitrogen and oxygen atoms in total. The van der Waals surface area contributed by atoms with Crippen LogP contribution in [0.3, 0.4) is 0 Å². The van der Waals surface area contributed by atoms with Crippen molar-refractivity contribution in [3.8, 4) is 0 Å². The van der Waals surface area contributed by atoms with Crippen molar-refractivity contribution in [2.75, 3.05) is 0 Å². The molecule has 1 atom stereocenters. The second-order valence-corrected chi connectivity index (χ2v) is 4.24. The highest BCUT2D eigenvalue weighted by Crippen LogP contribution is 2.15. The zero-order chi connectivity index (χ0) is 11.4. The van der Waals surface area contributed by atoms with Gasteiger partial charge in [-0.1, -0.05) is 64.3 Å². The molecule has 0 heterocycles. The van der Waals surface area contributed by atoms with Crippen molar-refractivity contribution in [1.29, 1.82) is 0 Å². The van der Waals surface area contributed by atoms with Gasteiger partial charge in [0.15, 0.2) is 0 Å². The molecule has 0 aliphatic rings. The average Bonchev–Trinajstić information content (AvgIpc) is 2.26. The molecule has 0 saturated heterocycles. The predicted molar refractivity (Wildman–Crippen MR) is 71.1 cm³/mol. The largest absolute Gasteiger partial charge is 0.0888 e. The first kappa shape index (κ1) is 14.5. The van der Waals surface area contributed by atoms with Gasteiger partial charge >= 0.3 is 0 Å². The van der Waals surface area contributed by atoms with Gasteiger partial charge in [0.05, 0.1) is 0 Å². The first-order valence-electron chi connectivity index (χ1n) is 6.65. The molecule has 88 valence electrons. The fraction of sp³-hybridized carbons (Fsp3) is 0.733. The maximum Gasteiger partial charge on any atom is -0.0319 e. The molecule has 0 N–H and O–H groups in total. The van der Waals surface area contributed by atoms with Crippen molar-refractivity contribution in [3.63, 3.8) is 0 Å². The van der Waals surface area contributed by atoms with Gasteiger partial charge in [-0.15, -0.1) is 0 Å². The summed E-state index contributed by atoms with van der Waals surface area (Å²) in [5, 5.41) is 0. The lowest BCUT2D eigenvalue weighted by Gasteiger charge is -2.08. The maximum absolute atomic E-state index is 2.38. The van der Waals surface area contributed by atoms with Crippen molar-refractivity contribution >= 4 is 0 Å². The summed E-state index contributed by atoms with van der Waals surface area (Å²) in [4.78, 5) is 0. The molecule has 0 aromatic carbocycles. The third kappa shape index (κ3) is 9.78. The van der Waals surface area contributed by atoms with Crippen LogP contribution in [0.15, 0.2) is 24.3 Å². The van der Waals surface area contributed by atoms with Crippen LogP contribution < -0.4 is 0 Å². The lowest BCUT2D eigenvalue weighted by atomic mass is 9.97. The zero-order valence-electron chi connectivity index (χ0n) is 10.8. The van der Waals surface area contributed by atoms with Crippen molar-refractivity contribution in [1.82, 2.24) is 0 Å². The number of hydrogen-bond acceptors (Lipinski definition) is 0. The summed E-state index contributed by atoms with van der Waals surface area (Å²) in [5.74, 6) is 0.852. The SMILES string of the molecule is CCC=CCC(CC)CC=CCCCC. The number of allylic oxidation sites excluding steroid dienone is 4. The summed E-state index contributed by atoms with van der Waals surface area (Å²) in [6, 6.07) is 0. The minimum absolute atomic E-state index is 0.852. The van der Waals surface area contributed by atoms with Gasteiger partial charge in [0, 0.05) is 0 Å². The Morgan fingerprint density at radius 1 is 0.867 bits per heavy atom. The van der Waals surface area contributed by atoms with Crippen LogP contribution in [0.4, 0.5) is 0 Å². The highest BCUT2D eigenvalue weighted by atomic mass is 14.1. The van der Waals surface area contributed by atoms with Gasteiger partial charge in [0.1, 0.15) is 0 Å². The van der Waals surface area contributed by atoms with E-state index in [1.165, 1.54) is 44.9 Å². The third-order valence-electron chi connectivity index (χ3n) is 2.81. The van der Waals surface area contributed by atoms with Gasteiger partial charge in [-0.25, -0.2) is 0 Å². The van der Waals surface area contributed by atoms with Crippen molar-refractivity contribution in [2.24, 2.45) is 5.92 Å². The van der Waals surface area contributed by atoms with E-state index in [0.29, 0.717) is 0 Å². The Morgan fingerprint density at radius 3 is 2.07 bits per heavy atom. The Labute approximate surface area is 96.5 Å². The standard InChI is InChI=1S/C15H28/c1-4-7-9-10-12-14-15(6-3)13-11-8-5-2/h8,10-12,15H,4-7,9,13-14H2,1-3H3. The van der Waals surface area contributed by atoms with Gasteiger partial charge < -0.3 is 0 Å². The summed E-state index contributed by atoms with van der Waals surface area (Å²) in [6.45, 7) is 6.74. The van der Waals surface area contributed by atoms with Gasteiger partial charge in [0.2, 0.25) is 0 Å². The quantitative estimate of drug-likeness (QED) is 0.346. The van der Waals surface area contributed by atoms with Gasteiger partial charge in [-0.3, -0.25) is 0 Å². The molecule has 0 rings (SSSR count). The fourth-order valence-corrected chi connectivity index (χ4v) is 1.61. The van der Waals surface area contributed by atoms with E-state index in [4.69, 9.17) is 0 Å². The van der Waals surface area contributed by atoms with Gasteiger partial charge in [-0.05, 0) is 31.6 Å². The molecule has 0 saturated carbocycles. The lowest BCUT2D eigenvalue weighted by molar-refractivity contribution is 0.523. The summed E-state index contributed by atoms with van der Waals surface area (Å²) in [6.07, 6.45) is 18.2. The Bertz CT molecular complexity index is 165. The molecule has 0 heteroatoms. The van der Waals surface area contributed by atoms with Crippen molar-refractivity contribution < 1.29 is 0 Å². The molecule has 0 bridgehead atoms. The van der Waals surface area contributed by atoms with E-state index in [1.807, 2.05) is 0 Å². The highest BCUT2D eigenvalue weighted by molar-refractivity contribution is 4.88. The number of rotatable bonds is 9. The topological polar surface area (TPSA) is 0 Å². The lowest BCUT2D eigenvalue weighted by Crippen LogP contribution is -1.94. The summed E-state index contributed by atoms with van der Waals surface area (Å²) < 4.78 is 0. The minimum Gasteiger partial charge on any atom is -0.0888 e. The molecule has 1 unspecified atom stereocenters.